The number of hydrogen-bond acceptors (Lipinski definition) is 4. The Morgan fingerprint density at radius 2 is 2.29 bits per heavy atom. The van der Waals surface area contributed by atoms with Gasteiger partial charge in [-0.2, -0.15) is 0 Å². The van der Waals surface area contributed by atoms with Crippen LogP contribution in [0.1, 0.15) is 19.3 Å². The molecule has 4 heteroatoms. The fourth-order valence-electron chi connectivity index (χ4n) is 2.36. The van der Waals surface area contributed by atoms with Crippen molar-refractivity contribution in [2.45, 2.75) is 30.8 Å². The minimum Gasteiger partial charge on any atom is -0.395 e. The van der Waals surface area contributed by atoms with Crippen LogP contribution in [0.2, 0.25) is 0 Å². The minimum atomic E-state index is 0.0747. The van der Waals surface area contributed by atoms with E-state index in [-0.39, 0.29) is 12.1 Å². The monoisotopic (exact) mass is 199 g/mol. The zero-order chi connectivity index (χ0) is 10.0. The van der Waals surface area contributed by atoms with Crippen LogP contribution in [0.25, 0.3) is 0 Å². The van der Waals surface area contributed by atoms with E-state index >= 15 is 0 Å². The van der Waals surface area contributed by atoms with Gasteiger partial charge in [-0.3, -0.25) is 4.90 Å². The Kier molecular flexibility index (Phi) is 3.07. The summed E-state index contributed by atoms with van der Waals surface area (Å²) in [6, 6.07) is 0.833. The van der Waals surface area contributed by atoms with Gasteiger partial charge < -0.3 is 16.2 Å². The molecule has 4 nitrogen and oxygen atoms in total. The molecule has 2 rings (SSSR count). The molecule has 0 spiro atoms. The highest BCUT2D eigenvalue weighted by molar-refractivity contribution is 5.02. The average Bonchev–Trinajstić information content (AvgIpc) is 2.98. The van der Waals surface area contributed by atoms with Crippen molar-refractivity contribution >= 4 is 0 Å². The van der Waals surface area contributed by atoms with Crippen molar-refractivity contribution in [2.24, 2.45) is 5.73 Å². The van der Waals surface area contributed by atoms with Gasteiger partial charge in [-0.25, -0.2) is 0 Å². The average molecular weight is 199 g/mol. The van der Waals surface area contributed by atoms with Crippen LogP contribution in [0.4, 0.5) is 0 Å². The van der Waals surface area contributed by atoms with Crippen LogP contribution in [0.3, 0.4) is 0 Å². The summed E-state index contributed by atoms with van der Waals surface area (Å²) < 4.78 is 0. The molecule has 4 N–H and O–H groups in total. The van der Waals surface area contributed by atoms with Gasteiger partial charge in [-0.1, -0.05) is 0 Å². The first-order valence-electron chi connectivity index (χ1n) is 5.60. The van der Waals surface area contributed by atoms with Gasteiger partial charge in [0.05, 0.1) is 6.61 Å². The van der Waals surface area contributed by atoms with E-state index in [1.54, 1.807) is 0 Å². The van der Waals surface area contributed by atoms with Crippen LogP contribution in [-0.4, -0.2) is 54.4 Å². The molecule has 1 unspecified atom stereocenters. The molecule has 0 amide bonds. The molecule has 2 fully saturated rings. The molecule has 14 heavy (non-hydrogen) atoms. The first kappa shape index (κ1) is 10.4. The highest BCUT2D eigenvalue weighted by Gasteiger charge is 2.41. The fraction of sp³-hybridized carbons (Fsp3) is 1.00. The smallest absolute Gasteiger partial charge is 0.0556 e. The van der Waals surface area contributed by atoms with Gasteiger partial charge in [0.25, 0.3) is 0 Å². The molecule has 0 aromatic carbocycles. The zero-order valence-corrected chi connectivity index (χ0v) is 8.71. The first-order chi connectivity index (χ1) is 6.79. The highest BCUT2D eigenvalue weighted by Crippen LogP contribution is 2.32. The molecule has 1 aliphatic heterocycles. The van der Waals surface area contributed by atoms with Gasteiger partial charge in [-0.05, 0) is 19.3 Å². The van der Waals surface area contributed by atoms with E-state index in [1.807, 2.05) is 0 Å². The lowest BCUT2D eigenvalue weighted by Gasteiger charge is -2.29. The second kappa shape index (κ2) is 4.14. The van der Waals surface area contributed by atoms with Crippen LogP contribution in [-0.2, 0) is 0 Å². The topological polar surface area (TPSA) is 61.5 Å². The molecule has 1 saturated carbocycles. The van der Waals surface area contributed by atoms with E-state index in [9.17, 15) is 0 Å². The Morgan fingerprint density at radius 1 is 1.50 bits per heavy atom. The molecular formula is C10H21N3O. The van der Waals surface area contributed by atoms with Crippen molar-refractivity contribution in [3.8, 4) is 0 Å². The zero-order valence-electron chi connectivity index (χ0n) is 8.71. The van der Waals surface area contributed by atoms with Gasteiger partial charge in [-0.15, -0.1) is 0 Å². The maximum Gasteiger partial charge on any atom is 0.0556 e. The minimum absolute atomic E-state index is 0.0747. The Labute approximate surface area is 85.5 Å². The Hall–Kier alpha value is -0.160. The van der Waals surface area contributed by atoms with Crippen LogP contribution in [0.15, 0.2) is 0 Å². The van der Waals surface area contributed by atoms with Crippen molar-refractivity contribution < 1.29 is 5.11 Å². The first-order valence-corrected chi connectivity index (χ1v) is 5.60. The summed E-state index contributed by atoms with van der Waals surface area (Å²) in [7, 11) is 0. The maximum atomic E-state index is 8.81. The van der Waals surface area contributed by atoms with E-state index in [0.29, 0.717) is 13.1 Å². The molecule has 1 heterocycles. The van der Waals surface area contributed by atoms with E-state index in [2.05, 4.69) is 10.2 Å². The van der Waals surface area contributed by atoms with Crippen molar-refractivity contribution in [1.82, 2.24) is 10.2 Å². The van der Waals surface area contributed by atoms with Crippen molar-refractivity contribution in [3.05, 3.63) is 0 Å². The van der Waals surface area contributed by atoms with Gasteiger partial charge in [0.15, 0.2) is 0 Å². The molecule has 1 atom stereocenters. The summed E-state index contributed by atoms with van der Waals surface area (Å²) in [6.45, 7) is 3.77. The lowest BCUT2D eigenvalue weighted by atomic mass is 9.99. The number of likely N-dealkylation sites (tertiary alicyclic amines) is 1. The third-order valence-electron chi connectivity index (χ3n) is 3.45. The second-order valence-electron chi connectivity index (χ2n) is 4.59. The number of nitrogens with two attached hydrogens (primary N) is 1. The summed E-state index contributed by atoms with van der Waals surface area (Å²) in [5.41, 5.74) is 5.90. The summed E-state index contributed by atoms with van der Waals surface area (Å²) in [4.78, 5) is 2.54. The number of nitrogens with one attached hydrogen (secondary N) is 1. The van der Waals surface area contributed by atoms with Gasteiger partial charge in [0.1, 0.15) is 0 Å². The summed E-state index contributed by atoms with van der Waals surface area (Å²) in [6.07, 6.45) is 3.85. The number of aliphatic hydroxyl groups excluding tert-OH is 1. The van der Waals surface area contributed by atoms with Crippen LogP contribution in [0, 0.1) is 0 Å². The quantitative estimate of drug-likeness (QED) is 0.539. The van der Waals surface area contributed by atoms with Gasteiger partial charge in [0.2, 0.25) is 0 Å². The summed E-state index contributed by atoms with van der Waals surface area (Å²) in [5, 5.41) is 12.2. The van der Waals surface area contributed by atoms with E-state index in [0.717, 1.165) is 19.0 Å². The number of aliphatic hydroxyl groups is 1. The molecule has 1 saturated heterocycles. The number of rotatable bonds is 5. The van der Waals surface area contributed by atoms with Crippen molar-refractivity contribution in [3.63, 3.8) is 0 Å². The Bertz CT molecular complexity index is 196. The normalized spacial score (nSPS) is 33.9. The largest absolute Gasteiger partial charge is 0.395 e. The molecule has 82 valence electrons. The molecule has 2 aliphatic rings. The molecular weight excluding hydrogens is 178 g/mol. The SMILES string of the molecule is NCC1(NCCO)CCN(C2CC2)C1. The number of β-amino-alcohol motifs (C(OH)–C–C–N with tert-alkyl or cyclic N) is 1. The molecule has 0 bridgehead atoms. The van der Waals surface area contributed by atoms with Crippen LogP contribution < -0.4 is 11.1 Å². The predicted molar refractivity (Wildman–Crippen MR) is 56.1 cm³/mol. The summed E-state index contributed by atoms with van der Waals surface area (Å²) in [5.74, 6) is 0. The molecule has 0 radical (unpaired) electrons. The third-order valence-corrected chi connectivity index (χ3v) is 3.45. The highest BCUT2D eigenvalue weighted by atomic mass is 16.3. The number of nitrogens with zero attached hydrogens (tertiary/aromatic N) is 1. The summed E-state index contributed by atoms with van der Waals surface area (Å²) >= 11 is 0. The maximum absolute atomic E-state index is 8.81. The molecule has 0 aromatic rings. The standard InChI is InChI=1S/C10H21N3O/c11-7-10(12-4-6-14)3-5-13(8-10)9-1-2-9/h9,12,14H,1-8,11H2. The molecule has 0 aromatic heterocycles. The van der Waals surface area contributed by atoms with E-state index < -0.39 is 0 Å². The lowest BCUT2D eigenvalue weighted by molar-refractivity contribution is 0.241. The van der Waals surface area contributed by atoms with Gasteiger partial charge in [0, 0.05) is 37.8 Å². The van der Waals surface area contributed by atoms with Crippen LogP contribution >= 0.6 is 0 Å². The lowest BCUT2D eigenvalue weighted by Crippen LogP contribution is -2.54. The third kappa shape index (κ3) is 2.08. The van der Waals surface area contributed by atoms with Gasteiger partial charge >= 0.3 is 0 Å². The Morgan fingerprint density at radius 3 is 2.86 bits per heavy atom. The van der Waals surface area contributed by atoms with Crippen molar-refractivity contribution in [2.75, 3.05) is 32.8 Å². The molecule has 1 aliphatic carbocycles. The van der Waals surface area contributed by atoms with Crippen molar-refractivity contribution in [1.29, 1.82) is 0 Å². The van der Waals surface area contributed by atoms with Crippen LogP contribution in [0.5, 0.6) is 0 Å². The predicted octanol–water partition coefficient (Wildman–Crippen LogP) is -0.866. The number of hydrogen-bond donors (Lipinski definition) is 3. The second-order valence-corrected chi connectivity index (χ2v) is 4.59. The van der Waals surface area contributed by atoms with E-state index in [4.69, 9.17) is 10.8 Å². The van der Waals surface area contributed by atoms with E-state index in [1.165, 1.54) is 19.4 Å². The Balaban J connectivity index is 1.86. The fourth-order valence-corrected chi connectivity index (χ4v) is 2.36.